The van der Waals surface area contributed by atoms with Gasteiger partial charge in [0, 0.05) is 11.1 Å². The van der Waals surface area contributed by atoms with Gasteiger partial charge in [-0.05, 0) is 52.9 Å². The van der Waals surface area contributed by atoms with Crippen LogP contribution < -0.4 is 19.6 Å². The highest BCUT2D eigenvalue weighted by molar-refractivity contribution is 14.1. The van der Waals surface area contributed by atoms with Crippen LogP contribution in [0.4, 0.5) is 0 Å². The molecule has 0 saturated heterocycles. The van der Waals surface area contributed by atoms with Crippen LogP contribution in [0.3, 0.4) is 0 Å². The van der Waals surface area contributed by atoms with Crippen molar-refractivity contribution in [3.05, 3.63) is 51.1 Å². The Labute approximate surface area is 153 Å². The molecule has 7 heteroatoms. The lowest BCUT2D eigenvalue weighted by atomic mass is 10.2. The van der Waals surface area contributed by atoms with Crippen molar-refractivity contribution in [1.82, 2.24) is 5.43 Å². The van der Waals surface area contributed by atoms with Gasteiger partial charge in [-0.25, -0.2) is 5.43 Å². The van der Waals surface area contributed by atoms with Crippen molar-refractivity contribution in [3.63, 3.8) is 0 Å². The van der Waals surface area contributed by atoms with E-state index in [9.17, 15) is 4.79 Å². The average molecular weight is 440 g/mol. The molecule has 0 saturated carbocycles. The number of carbonyl (C=O) groups excluding carboxylic acids is 1. The fourth-order valence-corrected chi connectivity index (χ4v) is 2.60. The lowest BCUT2D eigenvalue weighted by Crippen LogP contribution is -2.17. The molecule has 6 nitrogen and oxygen atoms in total. The molecule has 2 rings (SSSR count). The van der Waals surface area contributed by atoms with Crippen molar-refractivity contribution in [2.24, 2.45) is 5.10 Å². The molecule has 0 radical (unpaired) electrons. The first-order chi connectivity index (χ1) is 11.6. The summed E-state index contributed by atoms with van der Waals surface area (Å²) in [6.07, 6.45) is 1.50. The Kier molecular flexibility index (Phi) is 6.42. The van der Waals surface area contributed by atoms with Gasteiger partial charge in [0.2, 0.25) is 0 Å². The summed E-state index contributed by atoms with van der Waals surface area (Å²) in [6, 6.07) is 10.6. The number of methoxy groups -OCH3 is 3. The lowest BCUT2D eigenvalue weighted by molar-refractivity contribution is 0.0954. The second-order valence-electron chi connectivity index (χ2n) is 4.63. The molecule has 2 aromatic rings. The van der Waals surface area contributed by atoms with Gasteiger partial charge in [-0.15, -0.1) is 0 Å². The molecule has 24 heavy (non-hydrogen) atoms. The van der Waals surface area contributed by atoms with E-state index >= 15 is 0 Å². The van der Waals surface area contributed by atoms with E-state index in [1.165, 1.54) is 6.21 Å². The summed E-state index contributed by atoms with van der Waals surface area (Å²) in [6.45, 7) is 0. The number of nitrogens with one attached hydrogen (secondary N) is 1. The van der Waals surface area contributed by atoms with Crippen LogP contribution in [0, 0.1) is 3.57 Å². The largest absolute Gasteiger partial charge is 0.496 e. The van der Waals surface area contributed by atoms with Crippen molar-refractivity contribution in [1.29, 1.82) is 0 Å². The molecule has 0 unspecified atom stereocenters. The third-order valence-electron chi connectivity index (χ3n) is 3.22. The number of halogens is 1. The molecule has 126 valence electrons. The summed E-state index contributed by atoms with van der Waals surface area (Å²) in [5.74, 6) is 1.45. The number of rotatable bonds is 6. The zero-order chi connectivity index (χ0) is 17.5. The number of carbonyl (C=O) groups is 1. The third kappa shape index (κ3) is 4.16. The Hall–Kier alpha value is -2.29. The molecule has 1 N–H and O–H groups in total. The van der Waals surface area contributed by atoms with Crippen LogP contribution in [0.2, 0.25) is 0 Å². The Balaban J connectivity index is 2.13. The van der Waals surface area contributed by atoms with Gasteiger partial charge in [0.1, 0.15) is 5.75 Å². The standard InChI is InChI=1S/C17H17IN2O4/c1-22-14-6-4-5-12(16(14)24-3)10-19-20-17(21)11-7-8-13(18)15(9-11)23-2/h4-10H,1-3H3,(H,20,21)/b19-10-. The minimum absolute atomic E-state index is 0.331. The van der Waals surface area contributed by atoms with Gasteiger partial charge < -0.3 is 14.2 Å². The molecule has 0 atom stereocenters. The highest BCUT2D eigenvalue weighted by atomic mass is 127. The summed E-state index contributed by atoms with van der Waals surface area (Å²) >= 11 is 2.14. The number of hydrazone groups is 1. The van der Waals surface area contributed by atoms with Crippen LogP contribution in [-0.4, -0.2) is 33.5 Å². The van der Waals surface area contributed by atoms with Gasteiger partial charge in [0.25, 0.3) is 5.91 Å². The van der Waals surface area contributed by atoms with Gasteiger partial charge in [0.05, 0.1) is 31.1 Å². The van der Waals surface area contributed by atoms with Gasteiger partial charge in [-0.1, -0.05) is 6.07 Å². The predicted molar refractivity (Wildman–Crippen MR) is 100 cm³/mol. The first-order valence-corrected chi connectivity index (χ1v) is 8.06. The molecule has 1 amide bonds. The Morgan fingerprint density at radius 3 is 2.50 bits per heavy atom. The highest BCUT2D eigenvalue weighted by Gasteiger charge is 2.09. The van der Waals surface area contributed by atoms with Crippen LogP contribution in [0.1, 0.15) is 15.9 Å². The van der Waals surface area contributed by atoms with Crippen molar-refractivity contribution < 1.29 is 19.0 Å². The molecule has 0 heterocycles. The van der Waals surface area contributed by atoms with Gasteiger partial charge >= 0.3 is 0 Å². The van der Waals surface area contributed by atoms with E-state index < -0.39 is 0 Å². The zero-order valence-electron chi connectivity index (χ0n) is 13.5. The topological polar surface area (TPSA) is 69.2 Å². The van der Waals surface area contributed by atoms with Crippen molar-refractivity contribution in [2.45, 2.75) is 0 Å². The maximum absolute atomic E-state index is 12.2. The smallest absolute Gasteiger partial charge is 0.271 e. The Morgan fingerprint density at radius 1 is 1.08 bits per heavy atom. The fourth-order valence-electron chi connectivity index (χ4n) is 2.04. The van der Waals surface area contributed by atoms with E-state index in [-0.39, 0.29) is 5.91 Å². The molecule has 0 aliphatic carbocycles. The maximum atomic E-state index is 12.2. The van der Waals surface area contributed by atoms with Crippen LogP contribution >= 0.6 is 22.6 Å². The number of benzene rings is 2. The van der Waals surface area contributed by atoms with Crippen LogP contribution in [-0.2, 0) is 0 Å². The number of ether oxygens (including phenoxy) is 3. The number of para-hydroxylation sites is 1. The summed E-state index contributed by atoms with van der Waals surface area (Å²) < 4.78 is 16.7. The molecular formula is C17H17IN2O4. The molecule has 0 bridgehead atoms. The first kappa shape index (κ1) is 18.1. The van der Waals surface area contributed by atoms with Crippen molar-refractivity contribution in [3.8, 4) is 17.2 Å². The third-order valence-corrected chi connectivity index (χ3v) is 4.11. The SMILES string of the molecule is COc1cc(C(=O)N/N=C\c2cccc(OC)c2OC)ccc1I. The van der Waals surface area contributed by atoms with Gasteiger partial charge in [-0.3, -0.25) is 4.79 Å². The summed E-state index contributed by atoms with van der Waals surface area (Å²) in [5, 5.41) is 3.98. The summed E-state index contributed by atoms with van der Waals surface area (Å²) in [5.41, 5.74) is 3.64. The second kappa shape index (κ2) is 8.53. The predicted octanol–water partition coefficient (Wildman–Crippen LogP) is 3.08. The zero-order valence-corrected chi connectivity index (χ0v) is 15.7. The van der Waals surface area contributed by atoms with E-state index in [1.54, 1.807) is 39.5 Å². The van der Waals surface area contributed by atoms with Gasteiger partial charge in [-0.2, -0.15) is 5.10 Å². The second-order valence-corrected chi connectivity index (χ2v) is 5.79. The number of nitrogens with zero attached hydrogens (tertiary/aromatic N) is 1. The van der Waals surface area contributed by atoms with E-state index in [0.29, 0.717) is 28.4 Å². The molecule has 0 aromatic heterocycles. The van der Waals surface area contributed by atoms with Gasteiger partial charge in [0.15, 0.2) is 11.5 Å². The van der Waals surface area contributed by atoms with Crippen LogP contribution in [0.15, 0.2) is 41.5 Å². The highest BCUT2D eigenvalue weighted by Crippen LogP contribution is 2.29. The minimum atomic E-state index is -0.331. The molecule has 0 fully saturated rings. The molecule has 0 spiro atoms. The number of hydrogen-bond acceptors (Lipinski definition) is 5. The van der Waals surface area contributed by atoms with E-state index in [2.05, 4.69) is 33.1 Å². The fraction of sp³-hybridized carbons (Fsp3) is 0.176. The van der Waals surface area contributed by atoms with E-state index in [1.807, 2.05) is 18.2 Å². The van der Waals surface area contributed by atoms with Crippen LogP contribution in [0.25, 0.3) is 0 Å². The number of amides is 1. The average Bonchev–Trinajstić information content (AvgIpc) is 2.61. The first-order valence-electron chi connectivity index (χ1n) is 6.98. The Bertz CT molecular complexity index is 762. The quantitative estimate of drug-likeness (QED) is 0.426. The van der Waals surface area contributed by atoms with E-state index in [4.69, 9.17) is 14.2 Å². The van der Waals surface area contributed by atoms with Crippen molar-refractivity contribution in [2.75, 3.05) is 21.3 Å². The molecule has 0 aliphatic rings. The molecular weight excluding hydrogens is 423 g/mol. The monoisotopic (exact) mass is 440 g/mol. The molecule has 2 aromatic carbocycles. The molecule has 0 aliphatic heterocycles. The van der Waals surface area contributed by atoms with E-state index in [0.717, 1.165) is 3.57 Å². The van der Waals surface area contributed by atoms with Crippen molar-refractivity contribution >= 4 is 34.7 Å². The summed E-state index contributed by atoms with van der Waals surface area (Å²) in [7, 11) is 4.67. The summed E-state index contributed by atoms with van der Waals surface area (Å²) in [4.78, 5) is 12.2. The normalized spacial score (nSPS) is 10.5. The maximum Gasteiger partial charge on any atom is 0.271 e. The Morgan fingerprint density at radius 2 is 1.83 bits per heavy atom. The minimum Gasteiger partial charge on any atom is -0.496 e. The van der Waals surface area contributed by atoms with Crippen LogP contribution in [0.5, 0.6) is 17.2 Å². The lowest BCUT2D eigenvalue weighted by Gasteiger charge is -2.09. The number of hydrogen-bond donors (Lipinski definition) is 1.